The average Bonchev–Trinajstić information content (AvgIpc) is 2.75. The molecule has 84 valence electrons. The first-order valence-corrected chi connectivity index (χ1v) is 6.94. The van der Waals surface area contributed by atoms with Crippen molar-refractivity contribution in [2.24, 2.45) is 0 Å². The molecule has 2 heterocycles. The van der Waals surface area contributed by atoms with E-state index in [1.54, 1.807) is 42.8 Å². The molecule has 0 aliphatic carbocycles. The first-order chi connectivity index (χ1) is 7.59. The normalized spacial score (nSPS) is 11.3. The van der Waals surface area contributed by atoms with Crippen molar-refractivity contribution in [1.29, 1.82) is 0 Å². The molecule has 2 rings (SSSR count). The number of nitrogens with one attached hydrogen (secondary N) is 1. The van der Waals surface area contributed by atoms with Crippen molar-refractivity contribution >= 4 is 27.2 Å². The molecule has 0 spiro atoms. The molecule has 0 aromatic carbocycles. The molecule has 0 amide bonds. The van der Waals surface area contributed by atoms with E-state index in [1.807, 2.05) is 0 Å². The summed E-state index contributed by atoms with van der Waals surface area (Å²) in [5.74, 6) is 0.371. The molecule has 1 N–H and O–H groups in total. The largest absolute Gasteiger partial charge is 0.272 e. The van der Waals surface area contributed by atoms with Gasteiger partial charge in [-0.2, -0.15) is 0 Å². The number of sulfonamides is 1. The van der Waals surface area contributed by atoms with E-state index in [4.69, 9.17) is 0 Å². The Balaban J connectivity index is 2.33. The predicted octanol–water partition coefficient (Wildman–Crippen LogP) is 2.25. The minimum Gasteiger partial charge on any atom is -0.262 e. The van der Waals surface area contributed by atoms with Crippen LogP contribution in [0.4, 0.5) is 5.82 Å². The van der Waals surface area contributed by atoms with Crippen LogP contribution in [0.2, 0.25) is 0 Å². The van der Waals surface area contributed by atoms with Gasteiger partial charge in [-0.25, -0.2) is 13.4 Å². The van der Waals surface area contributed by atoms with Gasteiger partial charge in [0.2, 0.25) is 0 Å². The van der Waals surface area contributed by atoms with Crippen LogP contribution in [-0.4, -0.2) is 13.4 Å². The molecule has 0 fully saturated rings. The zero-order chi connectivity index (χ0) is 11.6. The van der Waals surface area contributed by atoms with E-state index in [2.05, 4.69) is 9.71 Å². The summed E-state index contributed by atoms with van der Waals surface area (Å²) in [6.45, 7) is 1.80. The molecule has 6 heteroatoms. The maximum atomic E-state index is 11.9. The number of rotatable bonds is 3. The smallest absolute Gasteiger partial charge is 0.262 e. The van der Waals surface area contributed by atoms with E-state index in [0.29, 0.717) is 5.82 Å². The molecular formula is C10H10N2O2S2. The summed E-state index contributed by atoms with van der Waals surface area (Å²) >= 11 is 1.18. The molecule has 0 saturated carbocycles. The Kier molecular flexibility index (Phi) is 2.93. The van der Waals surface area contributed by atoms with Crippen molar-refractivity contribution in [1.82, 2.24) is 4.98 Å². The second kappa shape index (κ2) is 4.23. The number of aromatic nitrogens is 1. The van der Waals surface area contributed by atoms with Gasteiger partial charge in [0, 0.05) is 6.20 Å². The number of nitrogens with zero attached hydrogens (tertiary/aromatic N) is 1. The van der Waals surface area contributed by atoms with Gasteiger partial charge in [-0.3, -0.25) is 4.72 Å². The number of aryl methyl sites for hydroxylation is 1. The molecule has 2 aromatic heterocycles. The summed E-state index contributed by atoms with van der Waals surface area (Å²) in [5.41, 5.74) is 0.794. The standard InChI is InChI=1S/C10H10N2O2S2/c1-8-4-2-6-11-10(8)12-16(13,14)9-5-3-7-15-9/h2-7H,1H3,(H,11,12). The fourth-order valence-electron chi connectivity index (χ4n) is 1.19. The molecule has 4 nitrogen and oxygen atoms in total. The van der Waals surface area contributed by atoms with Crippen LogP contribution in [-0.2, 0) is 10.0 Å². The van der Waals surface area contributed by atoms with E-state index in [0.717, 1.165) is 5.56 Å². The third kappa shape index (κ3) is 2.23. The molecular weight excluding hydrogens is 244 g/mol. The van der Waals surface area contributed by atoms with Gasteiger partial charge in [-0.15, -0.1) is 11.3 Å². The lowest BCUT2D eigenvalue weighted by Crippen LogP contribution is -2.13. The van der Waals surface area contributed by atoms with Crippen molar-refractivity contribution in [2.75, 3.05) is 4.72 Å². The molecule has 0 atom stereocenters. The number of hydrogen-bond donors (Lipinski definition) is 1. The van der Waals surface area contributed by atoms with Gasteiger partial charge in [-0.05, 0) is 30.0 Å². The molecule has 0 unspecified atom stereocenters. The fraction of sp³-hybridized carbons (Fsp3) is 0.100. The summed E-state index contributed by atoms with van der Waals surface area (Å²) in [6.07, 6.45) is 1.55. The lowest BCUT2D eigenvalue weighted by atomic mass is 10.3. The third-order valence-corrected chi connectivity index (χ3v) is 4.74. The molecule has 16 heavy (non-hydrogen) atoms. The van der Waals surface area contributed by atoms with Gasteiger partial charge >= 0.3 is 0 Å². The Bertz CT molecular complexity index is 577. The van der Waals surface area contributed by atoms with Crippen molar-refractivity contribution in [2.45, 2.75) is 11.1 Å². The molecule has 0 aliphatic heterocycles. The summed E-state index contributed by atoms with van der Waals surface area (Å²) in [4.78, 5) is 3.99. The summed E-state index contributed by atoms with van der Waals surface area (Å²) in [5, 5.41) is 1.72. The minimum atomic E-state index is -3.49. The topological polar surface area (TPSA) is 59.1 Å². The molecule has 0 saturated heterocycles. The zero-order valence-electron chi connectivity index (χ0n) is 8.54. The number of hydrogen-bond acceptors (Lipinski definition) is 4. The first-order valence-electron chi connectivity index (χ1n) is 4.57. The predicted molar refractivity (Wildman–Crippen MR) is 64.1 cm³/mol. The second-order valence-electron chi connectivity index (χ2n) is 3.21. The Morgan fingerprint density at radius 3 is 2.75 bits per heavy atom. The maximum Gasteiger partial charge on any atom is 0.272 e. The summed E-state index contributed by atoms with van der Waals surface area (Å²) in [7, 11) is -3.49. The monoisotopic (exact) mass is 254 g/mol. The van der Waals surface area contributed by atoms with Crippen molar-refractivity contribution in [3.05, 3.63) is 41.4 Å². The van der Waals surface area contributed by atoms with Crippen molar-refractivity contribution in [3.8, 4) is 0 Å². The highest BCUT2D eigenvalue weighted by atomic mass is 32.2. The van der Waals surface area contributed by atoms with Gasteiger partial charge < -0.3 is 0 Å². The SMILES string of the molecule is Cc1cccnc1NS(=O)(=O)c1cccs1. The minimum absolute atomic E-state index is 0.289. The molecule has 2 aromatic rings. The van der Waals surface area contributed by atoms with Crippen molar-refractivity contribution in [3.63, 3.8) is 0 Å². The quantitative estimate of drug-likeness (QED) is 0.914. The van der Waals surface area contributed by atoms with Crippen LogP contribution in [0, 0.1) is 6.92 Å². The molecule has 0 aliphatic rings. The Labute approximate surface area is 98.0 Å². The van der Waals surface area contributed by atoms with Gasteiger partial charge in [0.25, 0.3) is 10.0 Å². The van der Waals surface area contributed by atoms with Crippen LogP contribution in [0.25, 0.3) is 0 Å². The summed E-state index contributed by atoms with van der Waals surface area (Å²) in [6, 6.07) is 6.83. The average molecular weight is 254 g/mol. The second-order valence-corrected chi connectivity index (χ2v) is 6.06. The Morgan fingerprint density at radius 2 is 2.12 bits per heavy atom. The van der Waals surface area contributed by atoms with E-state index in [-0.39, 0.29) is 4.21 Å². The van der Waals surface area contributed by atoms with Gasteiger partial charge in [0.1, 0.15) is 10.0 Å². The van der Waals surface area contributed by atoms with Crippen LogP contribution in [0.1, 0.15) is 5.56 Å². The lowest BCUT2D eigenvalue weighted by Gasteiger charge is -2.07. The lowest BCUT2D eigenvalue weighted by molar-refractivity contribution is 0.603. The van der Waals surface area contributed by atoms with Crippen LogP contribution in [0.15, 0.2) is 40.1 Å². The van der Waals surface area contributed by atoms with E-state index in [1.165, 1.54) is 11.3 Å². The van der Waals surface area contributed by atoms with Crippen LogP contribution in [0.5, 0.6) is 0 Å². The number of pyridine rings is 1. The highest BCUT2D eigenvalue weighted by Gasteiger charge is 2.16. The van der Waals surface area contributed by atoms with Crippen LogP contribution in [0.3, 0.4) is 0 Å². The highest BCUT2D eigenvalue weighted by molar-refractivity contribution is 7.94. The van der Waals surface area contributed by atoms with E-state index >= 15 is 0 Å². The van der Waals surface area contributed by atoms with Gasteiger partial charge in [0.05, 0.1) is 0 Å². The number of anilines is 1. The molecule has 0 bridgehead atoms. The Morgan fingerprint density at radius 1 is 1.31 bits per heavy atom. The van der Waals surface area contributed by atoms with Crippen molar-refractivity contribution < 1.29 is 8.42 Å². The fourth-order valence-corrected chi connectivity index (χ4v) is 3.26. The van der Waals surface area contributed by atoms with Crippen LogP contribution >= 0.6 is 11.3 Å². The molecule has 0 radical (unpaired) electrons. The third-order valence-electron chi connectivity index (χ3n) is 2.00. The van der Waals surface area contributed by atoms with Crippen LogP contribution < -0.4 is 4.72 Å². The maximum absolute atomic E-state index is 11.9. The highest BCUT2D eigenvalue weighted by Crippen LogP contribution is 2.20. The number of thiophene rings is 1. The zero-order valence-corrected chi connectivity index (χ0v) is 10.2. The van der Waals surface area contributed by atoms with Gasteiger partial charge in [-0.1, -0.05) is 12.1 Å². The first kappa shape index (κ1) is 11.1. The summed E-state index contributed by atoms with van der Waals surface area (Å²) < 4.78 is 26.5. The van der Waals surface area contributed by atoms with E-state index in [9.17, 15) is 8.42 Å². The van der Waals surface area contributed by atoms with E-state index < -0.39 is 10.0 Å². The Hall–Kier alpha value is -1.40. The van der Waals surface area contributed by atoms with Gasteiger partial charge in [0.15, 0.2) is 0 Å².